The third-order valence-electron chi connectivity index (χ3n) is 8.16. The molecule has 3 aromatic rings. The molecule has 250 valence electrons. The van der Waals surface area contributed by atoms with Crippen LogP contribution >= 0.6 is 24.0 Å². The van der Waals surface area contributed by atoms with Crippen LogP contribution in [0.25, 0.3) is 23.0 Å². The quantitative estimate of drug-likeness (QED) is 0.104. The van der Waals surface area contributed by atoms with Gasteiger partial charge in [-0.25, -0.2) is 13.1 Å². The normalized spacial score (nSPS) is 16.8. The third kappa shape index (κ3) is 9.17. The second kappa shape index (κ2) is 16.6. The van der Waals surface area contributed by atoms with Crippen LogP contribution in [0.15, 0.2) is 70.6 Å². The molecule has 13 heteroatoms. The zero-order chi connectivity index (χ0) is 33.2. The molecule has 3 heterocycles. The van der Waals surface area contributed by atoms with Gasteiger partial charge in [0.2, 0.25) is 10.0 Å². The lowest BCUT2D eigenvalue weighted by molar-refractivity contribution is -0.137. The Morgan fingerprint density at radius 1 is 0.957 bits per heavy atom. The predicted octanol–water partition coefficient (Wildman–Crippen LogP) is 6.36. The Hall–Kier alpha value is -3.36. The van der Waals surface area contributed by atoms with Crippen LogP contribution < -0.4 is 0 Å². The van der Waals surface area contributed by atoms with Crippen molar-refractivity contribution in [3.8, 4) is 16.9 Å². The van der Waals surface area contributed by atoms with Gasteiger partial charge in [-0.15, -0.1) is 0 Å². The summed E-state index contributed by atoms with van der Waals surface area (Å²) >= 11 is 6.87. The summed E-state index contributed by atoms with van der Waals surface area (Å²) < 4.78 is 35.9. The summed E-state index contributed by atoms with van der Waals surface area (Å²) in [5.74, 6) is -0.874. The fourth-order valence-electron chi connectivity index (χ4n) is 5.61. The maximum absolute atomic E-state index is 13.5. The summed E-state index contributed by atoms with van der Waals surface area (Å²) in [4.78, 5) is 26.5. The highest BCUT2D eigenvalue weighted by Crippen LogP contribution is 2.35. The summed E-state index contributed by atoms with van der Waals surface area (Å²) in [6.45, 7) is 1.88. The van der Waals surface area contributed by atoms with E-state index in [1.54, 1.807) is 33.9 Å². The average Bonchev–Trinajstić information content (AvgIpc) is 3.62. The number of carboxylic acid groups (broad SMARTS) is 1. The first-order valence-electron chi connectivity index (χ1n) is 16.0. The molecule has 0 unspecified atom stereocenters. The minimum atomic E-state index is -3.72. The molecular formula is C34H40N4O6S3. The lowest BCUT2D eigenvalue weighted by atomic mass is 10.1. The maximum atomic E-state index is 13.5. The van der Waals surface area contributed by atoms with Crippen LogP contribution in [0.2, 0.25) is 0 Å². The van der Waals surface area contributed by atoms with E-state index in [1.165, 1.54) is 16.1 Å². The van der Waals surface area contributed by atoms with Gasteiger partial charge in [0, 0.05) is 43.4 Å². The Balaban J connectivity index is 1.29. The number of ether oxygens (including phenoxy) is 1. The molecule has 0 radical (unpaired) electrons. The molecule has 2 saturated heterocycles. The number of benzene rings is 2. The predicted molar refractivity (Wildman–Crippen MR) is 188 cm³/mol. The number of para-hydroxylation sites is 1. The Kier molecular flexibility index (Phi) is 12.4. The molecule has 0 bridgehead atoms. The molecule has 0 aliphatic carbocycles. The van der Waals surface area contributed by atoms with E-state index in [1.807, 2.05) is 42.6 Å². The van der Waals surface area contributed by atoms with Gasteiger partial charge in [-0.3, -0.25) is 14.5 Å². The van der Waals surface area contributed by atoms with E-state index in [2.05, 4.69) is 0 Å². The number of thioether (sulfide) groups is 1. The van der Waals surface area contributed by atoms with Gasteiger partial charge >= 0.3 is 5.97 Å². The smallest absolute Gasteiger partial charge is 0.303 e. The molecule has 0 spiro atoms. The number of morpholine rings is 1. The number of sulfonamides is 1. The topological polar surface area (TPSA) is 122 Å². The molecule has 47 heavy (non-hydrogen) atoms. The lowest BCUT2D eigenvalue weighted by Gasteiger charge is -2.26. The molecule has 2 aliphatic rings. The van der Waals surface area contributed by atoms with Gasteiger partial charge in [0.05, 0.1) is 28.7 Å². The highest BCUT2D eigenvalue weighted by atomic mass is 32.2. The number of aliphatic carboxylic acids is 1. The van der Waals surface area contributed by atoms with Crippen LogP contribution in [-0.2, 0) is 24.3 Å². The Bertz CT molecular complexity index is 1700. The molecule has 2 aromatic carbocycles. The number of thiocarbonyl (C=S) groups is 1. The van der Waals surface area contributed by atoms with Crippen LogP contribution in [0.1, 0.15) is 63.4 Å². The van der Waals surface area contributed by atoms with Gasteiger partial charge in [-0.2, -0.15) is 9.40 Å². The molecule has 1 N–H and O–H groups in total. The molecule has 1 amide bonds. The second-order valence-corrected chi connectivity index (χ2v) is 15.2. The van der Waals surface area contributed by atoms with E-state index >= 15 is 0 Å². The maximum Gasteiger partial charge on any atom is 0.303 e. The lowest BCUT2D eigenvalue weighted by Crippen LogP contribution is -2.40. The number of aromatic nitrogens is 2. The Morgan fingerprint density at radius 3 is 2.34 bits per heavy atom. The van der Waals surface area contributed by atoms with Gasteiger partial charge in [0.25, 0.3) is 5.91 Å². The van der Waals surface area contributed by atoms with Gasteiger partial charge in [-0.1, -0.05) is 92.8 Å². The van der Waals surface area contributed by atoms with Crippen LogP contribution in [0.4, 0.5) is 0 Å². The standard InChI is InChI=1S/C34H40N4O6S3/c39-31(40)17-10-5-3-1-2-4-6-11-18-37-33(41)30(46-34(37)45)24-27-25-38(28-14-8-7-9-15-28)35-32(27)26-13-12-16-29(23-26)47(42,43)36-19-21-44-22-20-36/h7-9,12-16,23-25H,1-6,10-11,17-22H2,(H,39,40)/b30-24-. The number of carboxylic acids is 1. The van der Waals surface area contributed by atoms with Gasteiger partial charge in [0.1, 0.15) is 10.0 Å². The number of unbranched alkanes of at least 4 members (excludes halogenated alkanes) is 7. The largest absolute Gasteiger partial charge is 0.481 e. The van der Waals surface area contributed by atoms with Crippen LogP contribution in [0, 0.1) is 0 Å². The first-order valence-corrected chi connectivity index (χ1v) is 18.7. The molecule has 10 nitrogen and oxygen atoms in total. The SMILES string of the molecule is O=C(O)CCCCCCCCCCN1C(=O)/C(=C/c2cn(-c3ccccc3)nc2-c2cccc(S(=O)(=O)N3CCOCC3)c2)SC1=S. The zero-order valence-corrected chi connectivity index (χ0v) is 28.7. The van der Waals surface area contributed by atoms with Crippen molar-refractivity contribution in [3.05, 3.63) is 71.3 Å². The van der Waals surface area contributed by atoms with Crippen LogP contribution in [0.3, 0.4) is 0 Å². The number of rotatable bonds is 16. The highest BCUT2D eigenvalue weighted by molar-refractivity contribution is 8.26. The van der Waals surface area contributed by atoms with Gasteiger partial charge < -0.3 is 9.84 Å². The van der Waals surface area contributed by atoms with Crippen LogP contribution in [0.5, 0.6) is 0 Å². The molecule has 5 rings (SSSR count). The number of hydrogen-bond donors (Lipinski definition) is 1. The van der Waals surface area contributed by atoms with E-state index in [0.717, 1.165) is 57.1 Å². The first kappa shape index (κ1) is 35.0. The summed E-state index contributed by atoms with van der Waals surface area (Å²) in [7, 11) is -3.72. The Labute approximate surface area is 285 Å². The van der Waals surface area contributed by atoms with Crippen molar-refractivity contribution in [1.82, 2.24) is 19.0 Å². The van der Waals surface area contributed by atoms with Gasteiger partial charge in [-0.05, 0) is 43.2 Å². The minimum absolute atomic E-state index is 0.138. The van der Waals surface area contributed by atoms with E-state index < -0.39 is 16.0 Å². The van der Waals surface area contributed by atoms with Gasteiger partial charge in [0.15, 0.2) is 0 Å². The molecule has 0 atom stereocenters. The zero-order valence-electron chi connectivity index (χ0n) is 26.3. The minimum Gasteiger partial charge on any atom is -0.481 e. The van der Waals surface area contributed by atoms with Crippen molar-refractivity contribution in [2.24, 2.45) is 0 Å². The molecule has 2 aliphatic heterocycles. The third-order valence-corrected chi connectivity index (χ3v) is 11.4. The van der Waals surface area contributed by atoms with Crippen molar-refractivity contribution in [2.75, 3.05) is 32.8 Å². The summed E-state index contributed by atoms with van der Waals surface area (Å²) in [6, 6.07) is 16.4. The fraction of sp³-hybridized carbons (Fsp3) is 0.412. The van der Waals surface area contributed by atoms with Crippen molar-refractivity contribution in [3.63, 3.8) is 0 Å². The number of hydrogen-bond acceptors (Lipinski definition) is 8. The Morgan fingerprint density at radius 2 is 1.64 bits per heavy atom. The van der Waals surface area contributed by atoms with E-state index in [0.29, 0.717) is 58.9 Å². The fourth-order valence-corrected chi connectivity index (χ4v) is 8.36. The van der Waals surface area contributed by atoms with Crippen molar-refractivity contribution >= 4 is 56.3 Å². The monoisotopic (exact) mass is 696 g/mol. The number of carbonyl (C=O) groups excluding carboxylic acids is 1. The second-order valence-electron chi connectivity index (χ2n) is 11.6. The van der Waals surface area contributed by atoms with E-state index in [4.69, 9.17) is 27.2 Å². The highest BCUT2D eigenvalue weighted by Gasteiger charge is 2.32. The number of amides is 1. The van der Waals surface area contributed by atoms with E-state index in [-0.39, 0.29) is 17.2 Å². The number of nitrogens with zero attached hydrogens (tertiary/aromatic N) is 4. The number of carbonyl (C=O) groups is 2. The van der Waals surface area contributed by atoms with Crippen molar-refractivity contribution in [1.29, 1.82) is 0 Å². The first-order chi connectivity index (χ1) is 22.7. The van der Waals surface area contributed by atoms with Crippen molar-refractivity contribution < 1.29 is 27.9 Å². The van der Waals surface area contributed by atoms with E-state index in [9.17, 15) is 18.0 Å². The molecule has 0 saturated carbocycles. The summed E-state index contributed by atoms with van der Waals surface area (Å²) in [5, 5.41) is 13.6. The summed E-state index contributed by atoms with van der Waals surface area (Å²) in [6.07, 6.45) is 11.7. The average molecular weight is 697 g/mol. The summed E-state index contributed by atoms with van der Waals surface area (Å²) in [5.41, 5.74) is 2.69. The van der Waals surface area contributed by atoms with Crippen LogP contribution in [-0.4, -0.2) is 81.6 Å². The van der Waals surface area contributed by atoms with Crippen molar-refractivity contribution in [2.45, 2.75) is 62.7 Å². The molecule has 2 fully saturated rings. The molecular weight excluding hydrogens is 657 g/mol. The molecule has 1 aromatic heterocycles.